The normalized spacial score (nSPS) is 15.3. The molecule has 1 atom stereocenters. The first-order chi connectivity index (χ1) is 15.6. The molecule has 164 valence electrons. The van der Waals surface area contributed by atoms with Crippen molar-refractivity contribution in [2.75, 3.05) is 45.7 Å². The van der Waals surface area contributed by atoms with E-state index >= 15 is 0 Å². The molecule has 0 saturated carbocycles. The third-order valence-corrected chi connectivity index (χ3v) is 5.57. The van der Waals surface area contributed by atoms with Gasteiger partial charge in [-0.2, -0.15) is 5.10 Å². The molecule has 0 fully saturated rings. The largest absolute Gasteiger partial charge is 0.485 e. The summed E-state index contributed by atoms with van der Waals surface area (Å²) in [6, 6.07) is 13.9. The number of rotatable bonds is 6. The van der Waals surface area contributed by atoms with Gasteiger partial charge in [-0.15, -0.1) is 0 Å². The second-order valence-corrected chi connectivity index (χ2v) is 8.21. The van der Waals surface area contributed by atoms with E-state index in [9.17, 15) is 0 Å². The number of hydrogen-bond acceptors (Lipinski definition) is 7. The van der Waals surface area contributed by atoms with Crippen molar-refractivity contribution in [2.45, 2.75) is 6.10 Å². The Balaban J connectivity index is 1.56. The van der Waals surface area contributed by atoms with Crippen molar-refractivity contribution in [1.29, 1.82) is 0 Å². The number of nitrogens with zero attached hydrogens (tertiary/aromatic N) is 5. The van der Waals surface area contributed by atoms with E-state index in [1.165, 1.54) is 0 Å². The summed E-state index contributed by atoms with van der Waals surface area (Å²) < 4.78 is 12.1. The number of nitrogens with one attached hydrogen (secondary N) is 1. The molecule has 4 aromatic rings. The number of anilines is 1. The standard InChI is InChI=1S/C24H26N6O2/c1-29(2)10-11-30(3)24-18-12-16(17-13-25-26-14-17)8-9-19(18)27-23(28-24)22-15-31-20-6-4-5-7-21(20)32-22/h4-9,12-14,22H,10-11,15H2,1-3H3,(H,25,26). The van der Waals surface area contributed by atoms with Crippen molar-refractivity contribution >= 4 is 16.7 Å². The third-order valence-electron chi connectivity index (χ3n) is 5.57. The Labute approximate surface area is 186 Å². The molecular formula is C24H26N6O2. The molecule has 5 rings (SSSR count). The first-order valence-corrected chi connectivity index (χ1v) is 10.6. The first kappa shape index (κ1) is 20.3. The molecular weight excluding hydrogens is 404 g/mol. The maximum absolute atomic E-state index is 6.19. The van der Waals surface area contributed by atoms with Gasteiger partial charge >= 0.3 is 0 Å². The molecule has 3 heterocycles. The molecule has 2 aromatic heterocycles. The zero-order valence-electron chi connectivity index (χ0n) is 18.4. The smallest absolute Gasteiger partial charge is 0.192 e. The summed E-state index contributed by atoms with van der Waals surface area (Å²) in [6.07, 6.45) is 3.33. The summed E-state index contributed by atoms with van der Waals surface area (Å²) in [7, 11) is 6.20. The number of aromatic nitrogens is 4. The fraction of sp³-hybridized carbons (Fsp3) is 0.292. The summed E-state index contributed by atoms with van der Waals surface area (Å²) in [5, 5.41) is 7.95. The molecule has 0 spiro atoms. The van der Waals surface area contributed by atoms with Crippen molar-refractivity contribution in [3.63, 3.8) is 0 Å². The summed E-state index contributed by atoms with van der Waals surface area (Å²) in [5.41, 5.74) is 2.96. The topological polar surface area (TPSA) is 79.4 Å². The van der Waals surface area contributed by atoms with Gasteiger partial charge in [-0.3, -0.25) is 5.10 Å². The minimum Gasteiger partial charge on any atom is -0.485 e. The zero-order valence-corrected chi connectivity index (χ0v) is 18.4. The molecule has 8 nitrogen and oxygen atoms in total. The van der Waals surface area contributed by atoms with Gasteiger partial charge in [0.2, 0.25) is 0 Å². The highest BCUT2D eigenvalue weighted by molar-refractivity contribution is 5.93. The van der Waals surface area contributed by atoms with Gasteiger partial charge in [0.15, 0.2) is 23.4 Å². The average molecular weight is 431 g/mol. The van der Waals surface area contributed by atoms with Crippen molar-refractivity contribution < 1.29 is 9.47 Å². The lowest BCUT2D eigenvalue weighted by atomic mass is 10.1. The van der Waals surface area contributed by atoms with Crippen LogP contribution in [0.5, 0.6) is 11.5 Å². The Kier molecular flexibility index (Phi) is 5.36. The van der Waals surface area contributed by atoms with Crippen molar-refractivity contribution in [2.24, 2.45) is 0 Å². The molecule has 0 saturated heterocycles. The Hall–Kier alpha value is -3.65. The van der Waals surface area contributed by atoms with Crippen LogP contribution in [-0.2, 0) is 0 Å². The second-order valence-electron chi connectivity index (χ2n) is 8.21. The van der Waals surface area contributed by atoms with Gasteiger partial charge in [-0.25, -0.2) is 9.97 Å². The lowest BCUT2D eigenvalue weighted by Crippen LogP contribution is -2.30. The molecule has 1 N–H and O–H groups in total. The molecule has 2 aromatic carbocycles. The molecule has 1 aliphatic rings. The molecule has 0 amide bonds. The summed E-state index contributed by atoms with van der Waals surface area (Å²) >= 11 is 0. The highest BCUT2D eigenvalue weighted by Gasteiger charge is 2.26. The molecule has 0 aliphatic carbocycles. The van der Waals surface area contributed by atoms with Gasteiger partial charge in [-0.05, 0) is 43.9 Å². The number of benzene rings is 2. The number of H-pyrrole nitrogens is 1. The number of fused-ring (bicyclic) bond motifs is 2. The molecule has 1 unspecified atom stereocenters. The highest BCUT2D eigenvalue weighted by Crippen LogP contribution is 2.36. The van der Waals surface area contributed by atoms with Crippen molar-refractivity contribution in [1.82, 2.24) is 25.1 Å². The van der Waals surface area contributed by atoms with E-state index in [4.69, 9.17) is 19.4 Å². The maximum Gasteiger partial charge on any atom is 0.192 e. The lowest BCUT2D eigenvalue weighted by molar-refractivity contribution is 0.0854. The van der Waals surface area contributed by atoms with Crippen LogP contribution in [0.3, 0.4) is 0 Å². The van der Waals surface area contributed by atoms with Gasteiger partial charge in [0.1, 0.15) is 12.4 Å². The maximum atomic E-state index is 6.19. The zero-order chi connectivity index (χ0) is 22.1. The number of likely N-dealkylation sites (N-methyl/N-ethyl adjacent to an activating group) is 2. The Bertz CT molecular complexity index is 1220. The van der Waals surface area contributed by atoms with E-state index in [-0.39, 0.29) is 6.10 Å². The van der Waals surface area contributed by atoms with Crippen LogP contribution < -0.4 is 14.4 Å². The number of ether oxygens (including phenoxy) is 2. The monoisotopic (exact) mass is 430 g/mol. The van der Waals surface area contributed by atoms with E-state index in [2.05, 4.69) is 53.3 Å². The second kappa shape index (κ2) is 8.47. The lowest BCUT2D eigenvalue weighted by Gasteiger charge is -2.27. The van der Waals surface area contributed by atoms with Crippen molar-refractivity contribution in [3.8, 4) is 22.6 Å². The van der Waals surface area contributed by atoms with Crippen LogP contribution in [0.2, 0.25) is 0 Å². The average Bonchev–Trinajstić information content (AvgIpc) is 3.36. The highest BCUT2D eigenvalue weighted by atomic mass is 16.6. The van der Waals surface area contributed by atoms with Gasteiger partial charge in [0.05, 0.1) is 11.7 Å². The van der Waals surface area contributed by atoms with E-state index in [1.54, 1.807) is 0 Å². The SMILES string of the molecule is CN(C)CCN(C)c1nc(C2COc3ccccc3O2)nc2ccc(-c3cn[nH]c3)cc12. The Morgan fingerprint density at radius 1 is 1.00 bits per heavy atom. The van der Waals surface area contributed by atoms with Crippen LogP contribution >= 0.6 is 0 Å². The number of para-hydroxylation sites is 2. The number of aromatic amines is 1. The minimum absolute atomic E-state index is 0.371. The van der Waals surface area contributed by atoms with Crippen molar-refractivity contribution in [3.05, 3.63) is 60.7 Å². The molecule has 32 heavy (non-hydrogen) atoms. The third kappa shape index (κ3) is 3.97. The van der Waals surface area contributed by atoms with E-state index < -0.39 is 0 Å². The van der Waals surface area contributed by atoms with Crippen LogP contribution in [0.15, 0.2) is 54.9 Å². The molecule has 1 aliphatic heterocycles. The fourth-order valence-corrected chi connectivity index (χ4v) is 3.76. The minimum atomic E-state index is -0.371. The molecule has 8 heteroatoms. The van der Waals surface area contributed by atoms with Gasteiger partial charge in [-0.1, -0.05) is 18.2 Å². The van der Waals surface area contributed by atoms with Crippen LogP contribution in [0.25, 0.3) is 22.0 Å². The predicted molar refractivity (Wildman–Crippen MR) is 124 cm³/mol. The summed E-state index contributed by atoms with van der Waals surface area (Å²) in [6.45, 7) is 2.12. The van der Waals surface area contributed by atoms with E-state index in [1.807, 2.05) is 42.7 Å². The Morgan fingerprint density at radius 2 is 1.84 bits per heavy atom. The van der Waals surface area contributed by atoms with E-state index in [0.717, 1.165) is 46.7 Å². The van der Waals surface area contributed by atoms with Crippen LogP contribution in [0.1, 0.15) is 11.9 Å². The van der Waals surface area contributed by atoms with E-state index in [0.29, 0.717) is 18.2 Å². The van der Waals surface area contributed by atoms with Crippen LogP contribution in [-0.4, -0.2) is 65.9 Å². The summed E-state index contributed by atoms with van der Waals surface area (Å²) in [5.74, 6) is 2.96. The summed E-state index contributed by atoms with van der Waals surface area (Å²) in [4.78, 5) is 14.2. The predicted octanol–water partition coefficient (Wildman–Crippen LogP) is 3.53. The molecule has 0 bridgehead atoms. The van der Waals surface area contributed by atoms with Crippen LogP contribution in [0.4, 0.5) is 5.82 Å². The van der Waals surface area contributed by atoms with Gasteiger partial charge in [0, 0.05) is 37.3 Å². The van der Waals surface area contributed by atoms with Gasteiger partial charge in [0.25, 0.3) is 0 Å². The molecule has 0 radical (unpaired) electrons. The van der Waals surface area contributed by atoms with Gasteiger partial charge < -0.3 is 19.3 Å². The Morgan fingerprint density at radius 3 is 2.62 bits per heavy atom. The van der Waals surface area contributed by atoms with Crippen LogP contribution in [0, 0.1) is 0 Å². The fourth-order valence-electron chi connectivity index (χ4n) is 3.76. The number of hydrogen-bond donors (Lipinski definition) is 1. The quantitative estimate of drug-likeness (QED) is 0.501. The first-order valence-electron chi connectivity index (χ1n) is 10.6.